The molecule has 2 unspecified atom stereocenters. The van der Waals surface area contributed by atoms with Crippen molar-refractivity contribution >= 4 is 11.3 Å². The zero-order valence-electron chi connectivity index (χ0n) is 5.36. The SMILES string of the molecule is OC1OC1Cc1ccsc1. The molecule has 1 aliphatic rings. The second-order valence-electron chi connectivity index (χ2n) is 2.40. The molecular formula is C7H8O2S. The van der Waals surface area contributed by atoms with E-state index in [4.69, 9.17) is 9.84 Å². The lowest BCUT2D eigenvalue weighted by molar-refractivity contribution is 0.156. The van der Waals surface area contributed by atoms with Crippen LogP contribution in [0, 0.1) is 0 Å². The van der Waals surface area contributed by atoms with Gasteiger partial charge in [0.05, 0.1) is 0 Å². The number of aliphatic hydroxyl groups is 1. The summed E-state index contributed by atoms with van der Waals surface area (Å²) in [6.07, 6.45) is 0.416. The van der Waals surface area contributed by atoms with Gasteiger partial charge in [-0.2, -0.15) is 11.3 Å². The number of epoxide rings is 1. The molecule has 0 aliphatic carbocycles. The zero-order valence-corrected chi connectivity index (χ0v) is 6.17. The summed E-state index contributed by atoms with van der Waals surface area (Å²) in [6.45, 7) is 0. The third-order valence-corrected chi connectivity index (χ3v) is 2.30. The van der Waals surface area contributed by atoms with Crippen LogP contribution >= 0.6 is 11.3 Å². The zero-order chi connectivity index (χ0) is 6.97. The first-order chi connectivity index (χ1) is 4.86. The van der Waals surface area contributed by atoms with Gasteiger partial charge in [-0.15, -0.1) is 0 Å². The predicted octanol–water partition coefficient (Wildman–Crippen LogP) is 1.01. The van der Waals surface area contributed by atoms with Gasteiger partial charge in [0.25, 0.3) is 0 Å². The van der Waals surface area contributed by atoms with Gasteiger partial charge < -0.3 is 9.84 Å². The van der Waals surface area contributed by atoms with Crippen molar-refractivity contribution in [3.8, 4) is 0 Å². The summed E-state index contributed by atoms with van der Waals surface area (Å²) in [5.74, 6) is 0. The molecule has 10 heavy (non-hydrogen) atoms. The fourth-order valence-corrected chi connectivity index (χ4v) is 1.61. The van der Waals surface area contributed by atoms with Gasteiger partial charge >= 0.3 is 0 Å². The van der Waals surface area contributed by atoms with Crippen molar-refractivity contribution in [3.05, 3.63) is 22.4 Å². The van der Waals surface area contributed by atoms with Crippen LogP contribution < -0.4 is 0 Å². The molecule has 0 saturated carbocycles. The van der Waals surface area contributed by atoms with Crippen LogP contribution in [0.15, 0.2) is 16.8 Å². The Balaban J connectivity index is 1.93. The van der Waals surface area contributed by atoms with Gasteiger partial charge in [0, 0.05) is 6.42 Å². The molecule has 0 bridgehead atoms. The summed E-state index contributed by atoms with van der Waals surface area (Å²) in [5.41, 5.74) is 1.26. The molecule has 0 spiro atoms. The van der Waals surface area contributed by atoms with Gasteiger partial charge in [0.1, 0.15) is 6.10 Å². The number of hydrogen-bond acceptors (Lipinski definition) is 3. The molecule has 1 aliphatic heterocycles. The summed E-state index contributed by atoms with van der Waals surface area (Å²) < 4.78 is 4.85. The minimum Gasteiger partial charge on any atom is -0.366 e. The molecule has 0 amide bonds. The quantitative estimate of drug-likeness (QED) is 0.648. The first kappa shape index (κ1) is 6.34. The highest BCUT2D eigenvalue weighted by Crippen LogP contribution is 2.23. The van der Waals surface area contributed by atoms with E-state index in [-0.39, 0.29) is 6.10 Å². The van der Waals surface area contributed by atoms with Crippen LogP contribution in [-0.2, 0) is 11.2 Å². The Morgan fingerprint density at radius 1 is 1.70 bits per heavy atom. The van der Waals surface area contributed by atoms with Crippen LogP contribution in [0.1, 0.15) is 5.56 Å². The molecule has 54 valence electrons. The standard InChI is InChI=1S/C7H8O2S/c8-7-6(9-7)3-5-1-2-10-4-5/h1-2,4,6-8H,3H2. The van der Waals surface area contributed by atoms with Crippen molar-refractivity contribution in [2.24, 2.45) is 0 Å². The Hall–Kier alpha value is -0.380. The summed E-state index contributed by atoms with van der Waals surface area (Å²) in [4.78, 5) is 0. The van der Waals surface area contributed by atoms with Crippen LogP contribution in [0.4, 0.5) is 0 Å². The average molecular weight is 156 g/mol. The molecular weight excluding hydrogens is 148 g/mol. The highest BCUT2D eigenvalue weighted by molar-refractivity contribution is 7.07. The monoisotopic (exact) mass is 156 g/mol. The Morgan fingerprint density at radius 3 is 3.00 bits per heavy atom. The molecule has 2 nitrogen and oxygen atoms in total. The molecule has 1 N–H and O–H groups in total. The molecule has 1 aromatic heterocycles. The highest BCUT2D eigenvalue weighted by Gasteiger charge is 2.36. The molecule has 2 atom stereocenters. The van der Waals surface area contributed by atoms with Gasteiger partial charge in [-0.25, -0.2) is 0 Å². The summed E-state index contributed by atoms with van der Waals surface area (Å²) in [7, 11) is 0. The van der Waals surface area contributed by atoms with E-state index in [0.29, 0.717) is 0 Å². The Labute approximate surface area is 63.1 Å². The summed E-state index contributed by atoms with van der Waals surface area (Å²) >= 11 is 1.67. The summed E-state index contributed by atoms with van der Waals surface area (Å²) in [5, 5.41) is 12.9. The van der Waals surface area contributed by atoms with Gasteiger partial charge in [0.15, 0.2) is 6.29 Å². The lowest BCUT2D eigenvalue weighted by Crippen LogP contribution is -1.95. The second kappa shape index (κ2) is 2.34. The maximum Gasteiger partial charge on any atom is 0.182 e. The van der Waals surface area contributed by atoms with Crippen molar-refractivity contribution in [2.75, 3.05) is 0 Å². The fourth-order valence-electron chi connectivity index (χ4n) is 0.924. The van der Waals surface area contributed by atoms with Crippen molar-refractivity contribution < 1.29 is 9.84 Å². The molecule has 0 aromatic carbocycles. The molecule has 2 heterocycles. The molecule has 1 fully saturated rings. The minimum atomic E-state index is -0.500. The predicted molar refractivity (Wildman–Crippen MR) is 38.9 cm³/mol. The van der Waals surface area contributed by atoms with Crippen LogP contribution in [0.3, 0.4) is 0 Å². The van der Waals surface area contributed by atoms with Gasteiger partial charge in [0.2, 0.25) is 0 Å². The highest BCUT2D eigenvalue weighted by atomic mass is 32.1. The Morgan fingerprint density at radius 2 is 2.50 bits per heavy atom. The second-order valence-corrected chi connectivity index (χ2v) is 3.18. The lowest BCUT2D eigenvalue weighted by atomic mass is 10.2. The van der Waals surface area contributed by atoms with E-state index in [2.05, 4.69) is 11.4 Å². The first-order valence-electron chi connectivity index (χ1n) is 3.21. The van der Waals surface area contributed by atoms with Crippen LogP contribution in [0.5, 0.6) is 0 Å². The van der Waals surface area contributed by atoms with Gasteiger partial charge in [-0.05, 0) is 22.4 Å². The van der Waals surface area contributed by atoms with Crippen molar-refractivity contribution in [1.29, 1.82) is 0 Å². The van der Waals surface area contributed by atoms with Crippen LogP contribution in [0.25, 0.3) is 0 Å². The van der Waals surface area contributed by atoms with Crippen molar-refractivity contribution in [1.82, 2.24) is 0 Å². The lowest BCUT2D eigenvalue weighted by Gasteiger charge is -1.87. The van der Waals surface area contributed by atoms with E-state index in [1.165, 1.54) is 5.56 Å². The average Bonchev–Trinajstić information content (AvgIpc) is 2.48. The minimum absolute atomic E-state index is 0.0644. The van der Waals surface area contributed by atoms with Crippen LogP contribution in [-0.4, -0.2) is 17.5 Å². The number of aliphatic hydroxyl groups excluding tert-OH is 1. The van der Waals surface area contributed by atoms with Gasteiger partial charge in [-0.1, -0.05) is 0 Å². The van der Waals surface area contributed by atoms with E-state index in [9.17, 15) is 0 Å². The molecule has 0 radical (unpaired) electrons. The van der Waals surface area contributed by atoms with E-state index in [1.807, 2.05) is 5.38 Å². The topological polar surface area (TPSA) is 32.8 Å². The Bertz CT molecular complexity index is 207. The van der Waals surface area contributed by atoms with E-state index < -0.39 is 6.29 Å². The maximum atomic E-state index is 8.81. The fraction of sp³-hybridized carbons (Fsp3) is 0.429. The normalized spacial score (nSPS) is 30.5. The third kappa shape index (κ3) is 1.21. The molecule has 1 saturated heterocycles. The van der Waals surface area contributed by atoms with E-state index in [1.54, 1.807) is 11.3 Å². The van der Waals surface area contributed by atoms with Crippen LogP contribution in [0.2, 0.25) is 0 Å². The smallest absolute Gasteiger partial charge is 0.182 e. The number of thiophene rings is 1. The number of ether oxygens (including phenoxy) is 1. The van der Waals surface area contributed by atoms with Gasteiger partial charge in [-0.3, -0.25) is 0 Å². The largest absolute Gasteiger partial charge is 0.366 e. The molecule has 1 aromatic rings. The number of hydrogen-bond donors (Lipinski definition) is 1. The maximum absolute atomic E-state index is 8.81. The third-order valence-electron chi connectivity index (χ3n) is 1.57. The van der Waals surface area contributed by atoms with E-state index in [0.717, 1.165) is 6.42 Å². The number of rotatable bonds is 2. The molecule has 3 heteroatoms. The van der Waals surface area contributed by atoms with Crippen molar-refractivity contribution in [2.45, 2.75) is 18.8 Å². The van der Waals surface area contributed by atoms with Crippen molar-refractivity contribution in [3.63, 3.8) is 0 Å². The molecule has 2 rings (SSSR count). The summed E-state index contributed by atoms with van der Waals surface area (Å²) in [6, 6.07) is 2.05. The van der Waals surface area contributed by atoms with E-state index >= 15 is 0 Å². The Kier molecular flexibility index (Phi) is 1.48. The first-order valence-corrected chi connectivity index (χ1v) is 4.15.